The van der Waals surface area contributed by atoms with Gasteiger partial charge >= 0.3 is 0 Å². The van der Waals surface area contributed by atoms with Crippen molar-refractivity contribution in [3.05, 3.63) is 95.5 Å². The lowest BCUT2D eigenvalue weighted by atomic mass is 10.2. The second kappa shape index (κ2) is 11.4. The highest BCUT2D eigenvalue weighted by molar-refractivity contribution is 9.10. The average Bonchev–Trinajstić information content (AvgIpc) is 3.64. The number of nitrogens with zero attached hydrogens (tertiary/aromatic N) is 10. The zero-order valence-electron chi connectivity index (χ0n) is 20.4. The summed E-state index contributed by atoms with van der Waals surface area (Å²) in [6.07, 6.45) is 6.76. The van der Waals surface area contributed by atoms with Crippen LogP contribution < -0.4 is 11.5 Å². The molecular formula is C24H15BrF4N12. The largest absolute Gasteiger partial charge is 0.382 e. The molecule has 0 unspecified atom stereocenters. The van der Waals surface area contributed by atoms with Crippen molar-refractivity contribution < 1.29 is 17.6 Å². The molecule has 0 saturated carbocycles. The number of halogens is 5. The molecule has 0 aliphatic rings. The summed E-state index contributed by atoms with van der Waals surface area (Å²) in [6, 6.07) is 7.62. The maximum Gasteiger partial charge on any atom is 0.190 e. The molecule has 0 amide bonds. The molecule has 0 saturated heterocycles. The fraction of sp³-hybridized carbons (Fsp3) is 0. The summed E-state index contributed by atoms with van der Waals surface area (Å²) in [7, 11) is 0. The minimum absolute atomic E-state index is 0.0324. The van der Waals surface area contributed by atoms with Crippen LogP contribution in [0.1, 0.15) is 0 Å². The Morgan fingerprint density at radius 1 is 0.659 bits per heavy atom. The second-order valence-electron chi connectivity index (χ2n) is 7.91. The Hall–Kier alpha value is -5.32. The van der Waals surface area contributed by atoms with Crippen molar-refractivity contribution in [3.8, 4) is 34.4 Å². The summed E-state index contributed by atoms with van der Waals surface area (Å²) < 4.78 is 57.4. The van der Waals surface area contributed by atoms with Crippen molar-refractivity contribution in [3.63, 3.8) is 0 Å². The van der Waals surface area contributed by atoms with Gasteiger partial charge in [0.1, 0.15) is 17.3 Å². The van der Waals surface area contributed by atoms with Crippen LogP contribution in [0.4, 0.5) is 29.2 Å². The van der Waals surface area contributed by atoms with Crippen molar-refractivity contribution in [1.82, 2.24) is 49.5 Å². The minimum Gasteiger partial charge on any atom is -0.382 e. The van der Waals surface area contributed by atoms with E-state index in [9.17, 15) is 17.6 Å². The van der Waals surface area contributed by atoms with E-state index in [1.807, 2.05) is 0 Å². The van der Waals surface area contributed by atoms with Gasteiger partial charge in [-0.05, 0) is 40.2 Å². The van der Waals surface area contributed by atoms with Crippen LogP contribution in [0.15, 0.2) is 72.2 Å². The van der Waals surface area contributed by atoms with Gasteiger partial charge in [-0.25, -0.2) is 37.5 Å². The number of aromatic nitrogens is 10. The van der Waals surface area contributed by atoms with E-state index in [4.69, 9.17) is 11.5 Å². The topological polar surface area (TPSA) is 165 Å². The zero-order chi connectivity index (χ0) is 29.1. The third-order valence-electron chi connectivity index (χ3n) is 5.40. The molecule has 4 aromatic heterocycles. The molecule has 0 fully saturated rings. The Morgan fingerprint density at radius 3 is 1.73 bits per heavy atom. The third-order valence-corrected chi connectivity index (χ3v) is 5.78. The number of anilines is 2. The molecule has 206 valence electrons. The number of rotatable bonds is 4. The van der Waals surface area contributed by atoms with Gasteiger partial charge in [-0.1, -0.05) is 12.1 Å². The van der Waals surface area contributed by atoms with E-state index in [1.54, 1.807) is 0 Å². The van der Waals surface area contributed by atoms with Crippen molar-refractivity contribution in [2.24, 2.45) is 0 Å². The van der Waals surface area contributed by atoms with E-state index in [1.165, 1.54) is 64.6 Å². The van der Waals surface area contributed by atoms with Crippen LogP contribution in [0.3, 0.4) is 0 Å². The average molecular weight is 627 g/mol. The van der Waals surface area contributed by atoms with E-state index >= 15 is 0 Å². The fourth-order valence-electron chi connectivity index (χ4n) is 3.56. The summed E-state index contributed by atoms with van der Waals surface area (Å²) >= 11 is 3.17. The van der Waals surface area contributed by atoms with Crippen LogP contribution in [0.5, 0.6) is 0 Å². The maximum absolute atomic E-state index is 13.9. The van der Waals surface area contributed by atoms with Crippen LogP contribution in [0.25, 0.3) is 34.4 Å². The zero-order valence-corrected chi connectivity index (χ0v) is 22.0. The minimum atomic E-state index is -1.01. The molecule has 0 spiro atoms. The standard InChI is InChI=1S/C12H7BrF2N6.C12H8F2N6/c13-8-4-17-11(16)10(19-8)12-20-18-5-21(12)7-3-1-2-6(14)9(7)15;13-7-2-1-3-8(9(7)14)20-6-18-19-12(20)10-11(15)17-5-4-16-10/h1-5H,(H2,16,17);1-6H,(H2,15,17). The van der Waals surface area contributed by atoms with Crippen molar-refractivity contribution in [2.45, 2.75) is 0 Å². The van der Waals surface area contributed by atoms with Crippen LogP contribution >= 0.6 is 15.9 Å². The lowest BCUT2D eigenvalue weighted by molar-refractivity contribution is 0.504. The fourth-order valence-corrected chi connectivity index (χ4v) is 3.84. The van der Waals surface area contributed by atoms with Gasteiger partial charge in [0, 0.05) is 12.4 Å². The highest BCUT2D eigenvalue weighted by Gasteiger charge is 2.19. The molecular weight excluding hydrogens is 612 g/mol. The normalized spacial score (nSPS) is 10.8. The van der Waals surface area contributed by atoms with Crippen molar-refractivity contribution in [1.29, 1.82) is 0 Å². The summed E-state index contributed by atoms with van der Waals surface area (Å²) in [6.45, 7) is 0. The lowest BCUT2D eigenvalue weighted by Crippen LogP contribution is -2.05. The summed E-state index contributed by atoms with van der Waals surface area (Å²) in [4.78, 5) is 16.0. The predicted octanol–water partition coefficient (Wildman–Crippen LogP) is 3.93. The summed E-state index contributed by atoms with van der Waals surface area (Å²) in [5.74, 6) is -3.39. The SMILES string of the molecule is Nc1ncc(Br)nc1-c1nncn1-c1cccc(F)c1F.Nc1nccnc1-c1nncn1-c1cccc(F)c1F. The second-order valence-corrected chi connectivity index (χ2v) is 8.72. The molecule has 0 bridgehead atoms. The lowest BCUT2D eigenvalue weighted by Gasteiger charge is -2.08. The smallest absolute Gasteiger partial charge is 0.190 e. The molecule has 17 heteroatoms. The van der Waals surface area contributed by atoms with E-state index in [-0.39, 0.29) is 46.0 Å². The Labute approximate surface area is 235 Å². The maximum atomic E-state index is 13.9. The Kier molecular flexibility index (Phi) is 7.59. The Bertz CT molecular complexity index is 1840. The molecule has 0 atom stereocenters. The van der Waals surface area contributed by atoms with Crippen LogP contribution in [-0.4, -0.2) is 49.5 Å². The van der Waals surface area contributed by atoms with Gasteiger partial charge in [0.25, 0.3) is 0 Å². The monoisotopic (exact) mass is 626 g/mol. The molecule has 12 nitrogen and oxygen atoms in total. The molecule has 6 rings (SSSR count). The predicted molar refractivity (Wildman–Crippen MR) is 141 cm³/mol. The van der Waals surface area contributed by atoms with Crippen LogP contribution in [-0.2, 0) is 0 Å². The first kappa shape index (κ1) is 27.3. The van der Waals surface area contributed by atoms with Gasteiger partial charge in [0.2, 0.25) is 0 Å². The first-order valence-corrected chi connectivity index (χ1v) is 12.1. The highest BCUT2D eigenvalue weighted by Crippen LogP contribution is 2.26. The molecule has 4 heterocycles. The molecule has 0 aliphatic carbocycles. The van der Waals surface area contributed by atoms with Gasteiger partial charge in [0.15, 0.2) is 57.9 Å². The quantitative estimate of drug-likeness (QED) is 0.274. The Morgan fingerprint density at radius 2 is 1.17 bits per heavy atom. The summed E-state index contributed by atoms with van der Waals surface area (Å²) in [5.41, 5.74) is 11.8. The number of nitrogen functional groups attached to an aromatic ring is 2. The van der Waals surface area contributed by atoms with E-state index in [0.29, 0.717) is 4.60 Å². The first-order valence-electron chi connectivity index (χ1n) is 11.3. The molecule has 2 aromatic carbocycles. The first-order chi connectivity index (χ1) is 19.8. The van der Waals surface area contributed by atoms with Crippen LogP contribution in [0.2, 0.25) is 0 Å². The highest BCUT2D eigenvalue weighted by atomic mass is 79.9. The number of benzene rings is 2. The Balaban J connectivity index is 0.000000165. The van der Waals surface area contributed by atoms with E-state index in [2.05, 4.69) is 56.3 Å². The number of hydrogen-bond acceptors (Lipinski definition) is 10. The van der Waals surface area contributed by atoms with Gasteiger partial charge in [-0.15, -0.1) is 20.4 Å². The molecule has 6 aromatic rings. The van der Waals surface area contributed by atoms with Gasteiger partial charge < -0.3 is 11.5 Å². The van der Waals surface area contributed by atoms with Gasteiger partial charge in [0.05, 0.1) is 17.6 Å². The van der Waals surface area contributed by atoms with E-state index in [0.717, 1.165) is 12.1 Å². The van der Waals surface area contributed by atoms with Gasteiger partial charge in [-0.3, -0.25) is 9.13 Å². The molecule has 41 heavy (non-hydrogen) atoms. The number of hydrogen-bond donors (Lipinski definition) is 2. The van der Waals surface area contributed by atoms with E-state index < -0.39 is 23.3 Å². The van der Waals surface area contributed by atoms with Gasteiger partial charge in [-0.2, -0.15) is 0 Å². The molecule has 0 aliphatic heterocycles. The summed E-state index contributed by atoms with van der Waals surface area (Å²) in [5, 5.41) is 15.1. The van der Waals surface area contributed by atoms with Crippen molar-refractivity contribution >= 4 is 27.6 Å². The molecule has 4 N–H and O–H groups in total. The van der Waals surface area contributed by atoms with Crippen molar-refractivity contribution in [2.75, 3.05) is 11.5 Å². The molecule has 0 radical (unpaired) electrons. The van der Waals surface area contributed by atoms with Crippen LogP contribution in [0, 0.1) is 23.3 Å². The number of nitrogens with two attached hydrogens (primary N) is 2. The third kappa shape index (κ3) is 5.42.